The molecule has 0 aromatic heterocycles. The molecule has 1 amide bonds. The molecule has 4 heteroatoms. The Kier molecular flexibility index (Phi) is 5.66. The predicted molar refractivity (Wildman–Crippen MR) is 47.5 cm³/mol. The van der Waals surface area contributed by atoms with E-state index in [0.717, 1.165) is 0 Å². The summed E-state index contributed by atoms with van der Waals surface area (Å²) < 4.78 is 0. The van der Waals surface area contributed by atoms with Crippen LogP contribution in [0, 0.1) is 5.92 Å². The number of carbonyl (C=O) groups excluding carboxylic acids is 1. The van der Waals surface area contributed by atoms with Crippen molar-refractivity contribution in [3.8, 4) is 0 Å². The maximum Gasteiger partial charge on any atom is 0.221 e. The van der Waals surface area contributed by atoms with E-state index in [1.54, 1.807) is 0 Å². The van der Waals surface area contributed by atoms with Gasteiger partial charge < -0.3 is 16.2 Å². The number of hydrogen-bond acceptors (Lipinski definition) is 3. The molecule has 4 N–H and O–H groups in total. The highest BCUT2D eigenvalue weighted by molar-refractivity contribution is 5.76. The van der Waals surface area contributed by atoms with Crippen LogP contribution in [-0.2, 0) is 4.79 Å². The van der Waals surface area contributed by atoms with Crippen LogP contribution in [-0.4, -0.2) is 30.2 Å². The second-order valence-corrected chi connectivity index (χ2v) is 3.19. The van der Waals surface area contributed by atoms with Gasteiger partial charge in [-0.25, -0.2) is 0 Å². The maximum atomic E-state index is 11.0. The van der Waals surface area contributed by atoms with E-state index < -0.39 is 0 Å². The fourth-order valence-electron chi connectivity index (χ4n) is 0.717. The largest absolute Gasteiger partial charge is 0.395 e. The molecule has 0 bridgehead atoms. The highest BCUT2D eigenvalue weighted by Crippen LogP contribution is 2.01. The molecule has 0 aromatic rings. The van der Waals surface area contributed by atoms with Crippen LogP contribution in [0.5, 0.6) is 0 Å². The number of rotatable bonds is 5. The zero-order chi connectivity index (χ0) is 9.56. The van der Waals surface area contributed by atoms with Gasteiger partial charge in [-0.1, -0.05) is 13.8 Å². The summed E-state index contributed by atoms with van der Waals surface area (Å²) in [5.41, 5.74) is 5.67. The summed E-state index contributed by atoms with van der Waals surface area (Å²) >= 11 is 0. The van der Waals surface area contributed by atoms with Crippen LogP contribution in [0.15, 0.2) is 0 Å². The molecule has 0 aliphatic rings. The molecule has 0 heterocycles. The predicted octanol–water partition coefficient (Wildman–Crippen LogP) is -0.532. The number of aliphatic hydroxyl groups is 1. The standard InChI is InChI=1S/C8H18N2O2/c1-6(2)7(9)5-8(12)10-3-4-11/h6-7,11H,3-5,9H2,1-2H3,(H,10,12). The molecule has 0 saturated carbocycles. The Morgan fingerprint density at radius 2 is 2.17 bits per heavy atom. The van der Waals surface area contributed by atoms with Gasteiger partial charge in [0.15, 0.2) is 0 Å². The topological polar surface area (TPSA) is 75.4 Å². The Bertz CT molecular complexity index is 137. The van der Waals surface area contributed by atoms with E-state index >= 15 is 0 Å². The lowest BCUT2D eigenvalue weighted by Crippen LogP contribution is -2.35. The monoisotopic (exact) mass is 174 g/mol. The molecule has 0 fully saturated rings. The minimum absolute atomic E-state index is 0.0251. The third-order valence-electron chi connectivity index (χ3n) is 1.71. The molecule has 0 spiro atoms. The van der Waals surface area contributed by atoms with Gasteiger partial charge in [0, 0.05) is 19.0 Å². The first-order chi connectivity index (χ1) is 5.57. The van der Waals surface area contributed by atoms with Crippen molar-refractivity contribution in [3.63, 3.8) is 0 Å². The summed E-state index contributed by atoms with van der Waals surface area (Å²) in [4.78, 5) is 11.0. The van der Waals surface area contributed by atoms with E-state index in [1.165, 1.54) is 0 Å². The molecule has 4 nitrogen and oxygen atoms in total. The number of hydrogen-bond donors (Lipinski definition) is 3. The third-order valence-corrected chi connectivity index (χ3v) is 1.71. The second-order valence-electron chi connectivity index (χ2n) is 3.19. The summed E-state index contributed by atoms with van der Waals surface area (Å²) in [6, 6.07) is -0.0938. The number of amides is 1. The van der Waals surface area contributed by atoms with Crippen LogP contribution in [0.25, 0.3) is 0 Å². The number of aliphatic hydroxyl groups excluding tert-OH is 1. The van der Waals surface area contributed by atoms with Gasteiger partial charge in [0.25, 0.3) is 0 Å². The quantitative estimate of drug-likeness (QED) is 0.524. The van der Waals surface area contributed by atoms with Gasteiger partial charge in [0.1, 0.15) is 0 Å². The van der Waals surface area contributed by atoms with E-state index in [-0.39, 0.29) is 18.6 Å². The van der Waals surface area contributed by atoms with Gasteiger partial charge in [-0.3, -0.25) is 4.79 Å². The number of nitrogens with two attached hydrogens (primary N) is 1. The van der Waals surface area contributed by atoms with Crippen LogP contribution in [0.1, 0.15) is 20.3 Å². The number of nitrogens with one attached hydrogen (secondary N) is 1. The molecule has 0 aromatic carbocycles. The molecule has 0 radical (unpaired) electrons. The van der Waals surface area contributed by atoms with E-state index in [9.17, 15) is 4.79 Å². The molecule has 1 atom stereocenters. The average Bonchev–Trinajstić information content (AvgIpc) is 2.00. The molecule has 12 heavy (non-hydrogen) atoms. The summed E-state index contributed by atoms with van der Waals surface area (Å²) in [7, 11) is 0. The van der Waals surface area contributed by atoms with Gasteiger partial charge >= 0.3 is 0 Å². The van der Waals surface area contributed by atoms with Crippen LogP contribution < -0.4 is 11.1 Å². The van der Waals surface area contributed by atoms with Crippen molar-refractivity contribution in [3.05, 3.63) is 0 Å². The lowest BCUT2D eigenvalue weighted by Gasteiger charge is -2.14. The maximum absolute atomic E-state index is 11.0. The van der Waals surface area contributed by atoms with Gasteiger partial charge in [-0.2, -0.15) is 0 Å². The van der Waals surface area contributed by atoms with Crippen molar-refractivity contribution < 1.29 is 9.90 Å². The molecular formula is C8H18N2O2. The van der Waals surface area contributed by atoms with Crippen LogP contribution >= 0.6 is 0 Å². The van der Waals surface area contributed by atoms with E-state index in [2.05, 4.69) is 5.32 Å². The molecule has 1 unspecified atom stereocenters. The highest BCUT2D eigenvalue weighted by Gasteiger charge is 2.11. The van der Waals surface area contributed by atoms with Gasteiger partial charge in [0.2, 0.25) is 5.91 Å². The molecule has 72 valence electrons. The fraction of sp³-hybridized carbons (Fsp3) is 0.875. The molecular weight excluding hydrogens is 156 g/mol. The van der Waals surface area contributed by atoms with Crippen molar-refractivity contribution in [1.82, 2.24) is 5.32 Å². The third kappa shape index (κ3) is 5.09. The summed E-state index contributed by atoms with van der Waals surface area (Å²) in [6.45, 7) is 4.24. The lowest BCUT2D eigenvalue weighted by molar-refractivity contribution is -0.121. The van der Waals surface area contributed by atoms with Crippen molar-refractivity contribution in [2.75, 3.05) is 13.2 Å². The van der Waals surface area contributed by atoms with E-state index in [0.29, 0.717) is 18.9 Å². The van der Waals surface area contributed by atoms with Gasteiger partial charge in [-0.05, 0) is 5.92 Å². The SMILES string of the molecule is CC(C)C(N)CC(=O)NCCO. The fourth-order valence-corrected chi connectivity index (χ4v) is 0.717. The Hall–Kier alpha value is -0.610. The summed E-state index contributed by atoms with van der Waals surface area (Å²) in [6.07, 6.45) is 0.331. The van der Waals surface area contributed by atoms with Gasteiger partial charge in [0.05, 0.1) is 6.61 Å². The van der Waals surface area contributed by atoms with E-state index in [1.807, 2.05) is 13.8 Å². The van der Waals surface area contributed by atoms with Crippen LogP contribution in [0.4, 0.5) is 0 Å². The Balaban J connectivity index is 3.54. The normalized spacial score (nSPS) is 13.1. The molecule has 0 saturated heterocycles. The van der Waals surface area contributed by atoms with Crippen LogP contribution in [0.3, 0.4) is 0 Å². The molecule has 0 aliphatic carbocycles. The van der Waals surface area contributed by atoms with E-state index in [4.69, 9.17) is 10.8 Å². The van der Waals surface area contributed by atoms with Crippen molar-refractivity contribution in [1.29, 1.82) is 0 Å². The first-order valence-electron chi connectivity index (χ1n) is 4.21. The van der Waals surface area contributed by atoms with Crippen molar-refractivity contribution >= 4 is 5.91 Å². The first kappa shape index (κ1) is 11.4. The minimum Gasteiger partial charge on any atom is -0.395 e. The highest BCUT2D eigenvalue weighted by atomic mass is 16.3. The minimum atomic E-state index is -0.0938. The zero-order valence-electron chi connectivity index (χ0n) is 7.71. The summed E-state index contributed by atoms with van der Waals surface area (Å²) in [5.74, 6) is 0.218. The average molecular weight is 174 g/mol. The van der Waals surface area contributed by atoms with Crippen molar-refractivity contribution in [2.24, 2.45) is 11.7 Å². The van der Waals surface area contributed by atoms with Crippen LogP contribution in [0.2, 0.25) is 0 Å². The summed E-state index contributed by atoms with van der Waals surface area (Å²) in [5, 5.41) is 11.0. The first-order valence-corrected chi connectivity index (χ1v) is 4.21. The Morgan fingerprint density at radius 3 is 2.58 bits per heavy atom. The Labute approximate surface area is 73.1 Å². The zero-order valence-corrected chi connectivity index (χ0v) is 7.71. The van der Waals surface area contributed by atoms with Gasteiger partial charge in [-0.15, -0.1) is 0 Å². The smallest absolute Gasteiger partial charge is 0.221 e. The van der Waals surface area contributed by atoms with Crippen molar-refractivity contribution in [2.45, 2.75) is 26.3 Å². The molecule has 0 aliphatic heterocycles. The Morgan fingerprint density at radius 1 is 1.58 bits per heavy atom. The molecule has 0 rings (SSSR count). The second kappa shape index (κ2) is 5.97. The lowest BCUT2D eigenvalue weighted by atomic mass is 10.0. The number of carbonyl (C=O) groups is 1.